The second-order valence-electron chi connectivity index (χ2n) is 3.72. The smallest absolute Gasteiger partial charge is 0.269 e. The number of nitro benzene ring substituents is 1. The highest BCUT2D eigenvalue weighted by atomic mass is 79.9. The van der Waals surface area contributed by atoms with Crippen LogP contribution < -0.4 is 0 Å². The fraction of sp³-hybridized carbons (Fsp3) is 0.400. The van der Waals surface area contributed by atoms with Crippen LogP contribution in [0.25, 0.3) is 0 Å². The van der Waals surface area contributed by atoms with E-state index in [1.807, 2.05) is 0 Å². The van der Waals surface area contributed by atoms with E-state index < -0.39 is 25.8 Å². The summed E-state index contributed by atoms with van der Waals surface area (Å²) in [6.45, 7) is 0. The highest BCUT2D eigenvalue weighted by Gasteiger charge is 2.39. The molecular weight excluding hydrogens is 384 g/mol. The van der Waals surface area contributed by atoms with E-state index in [1.165, 1.54) is 24.3 Å². The Morgan fingerprint density at radius 1 is 1.21 bits per heavy atom. The number of benzene rings is 1. The minimum atomic E-state index is -1.96. The van der Waals surface area contributed by atoms with Crippen LogP contribution in [0.15, 0.2) is 24.3 Å². The minimum absolute atomic E-state index is 0.107. The summed E-state index contributed by atoms with van der Waals surface area (Å²) in [6.07, 6.45) is -2.64. The summed E-state index contributed by atoms with van der Waals surface area (Å²) >= 11 is 19.6. The molecule has 1 aromatic rings. The molecule has 5 nitrogen and oxygen atoms in total. The average Bonchev–Trinajstić information content (AvgIpc) is 2.35. The SMILES string of the molecule is O=[N+]([O-])c1ccc([C@@H](O)[C@@H](Br)[C@H](O)C(Cl)(Cl)Cl)cc1. The Balaban J connectivity index is 2.88. The van der Waals surface area contributed by atoms with Gasteiger partial charge in [0.15, 0.2) is 0 Å². The second kappa shape index (κ2) is 6.56. The Morgan fingerprint density at radius 3 is 2.05 bits per heavy atom. The van der Waals surface area contributed by atoms with Crippen LogP contribution >= 0.6 is 50.7 Å². The number of rotatable bonds is 4. The molecule has 0 spiro atoms. The molecule has 0 aliphatic heterocycles. The molecule has 0 heterocycles. The van der Waals surface area contributed by atoms with Gasteiger partial charge in [-0.3, -0.25) is 10.1 Å². The Labute approximate surface area is 132 Å². The summed E-state index contributed by atoms with van der Waals surface area (Å²) in [7, 11) is 0. The fourth-order valence-corrected chi connectivity index (χ4v) is 2.90. The normalized spacial score (nSPS) is 16.7. The van der Waals surface area contributed by atoms with Crippen LogP contribution in [0.5, 0.6) is 0 Å². The third-order valence-corrected chi connectivity index (χ3v) is 4.06. The molecule has 0 fully saturated rings. The van der Waals surface area contributed by atoms with Gasteiger partial charge in [-0.05, 0) is 17.7 Å². The van der Waals surface area contributed by atoms with Crippen molar-refractivity contribution in [3.05, 3.63) is 39.9 Å². The van der Waals surface area contributed by atoms with E-state index in [1.54, 1.807) is 0 Å². The summed E-state index contributed by atoms with van der Waals surface area (Å²) < 4.78 is -1.96. The number of hydrogen-bond acceptors (Lipinski definition) is 4. The monoisotopic (exact) mass is 391 g/mol. The van der Waals surface area contributed by atoms with E-state index in [-0.39, 0.29) is 5.69 Å². The number of alkyl halides is 4. The Kier molecular flexibility index (Phi) is 5.85. The summed E-state index contributed by atoms with van der Waals surface area (Å²) in [5.41, 5.74) is 0.241. The molecule has 0 saturated carbocycles. The molecule has 0 aliphatic rings. The predicted molar refractivity (Wildman–Crippen MR) is 77.1 cm³/mol. The topological polar surface area (TPSA) is 83.6 Å². The van der Waals surface area contributed by atoms with Gasteiger partial charge in [0.25, 0.3) is 5.69 Å². The van der Waals surface area contributed by atoms with Crippen molar-refractivity contribution in [2.24, 2.45) is 0 Å². The Bertz CT molecular complexity index is 451. The van der Waals surface area contributed by atoms with E-state index in [0.717, 1.165) is 0 Å². The van der Waals surface area contributed by atoms with Crippen molar-refractivity contribution in [1.82, 2.24) is 0 Å². The predicted octanol–water partition coefficient (Wildman–Crippen LogP) is 3.12. The van der Waals surface area contributed by atoms with Gasteiger partial charge in [-0.25, -0.2) is 0 Å². The van der Waals surface area contributed by atoms with Crippen molar-refractivity contribution in [2.75, 3.05) is 0 Å². The quantitative estimate of drug-likeness (QED) is 0.468. The lowest BCUT2D eigenvalue weighted by Gasteiger charge is -2.27. The van der Waals surface area contributed by atoms with Crippen molar-refractivity contribution in [1.29, 1.82) is 0 Å². The van der Waals surface area contributed by atoms with Gasteiger partial charge < -0.3 is 10.2 Å². The van der Waals surface area contributed by atoms with Crippen molar-refractivity contribution >= 4 is 56.4 Å². The second-order valence-corrected chi connectivity index (χ2v) is 7.15. The molecule has 0 saturated heterocycles. The highest BCUT2D eigenvalue weighted by molar-refractivity contribution is 9.09. The molecule has 0 aliphatic carbocycles. The number of halogens is 4. The van der Waals surface area contributed by atoms with Crippen molar-refractivity contribution in [3.63, 3.8) is 0 Å². The molecule has 1 aromatic carbocycles. The number of aliphatic hydroxyl groups is 2. The zero-order valence-corrected chi connectivity index (χ0v) is 13.1. The zero-order valence-electron chi connectivity index (χ0n) is 9.21. The molecule has 19 heavy (non-hydrogen) atoms. The van der Waals surface area contributed by atoms with Gasteiger partial charge in [0.05, 0.1) is 15.9 Å². The Morgan fingerprint density at radius 2 is 1.68 bits per heavy atom. The van der Waals surface area contributed by atoms with E-state index in [9.17, 15) is 20.3 Å². The van der Waals surface area contributed by atoms with Crippen LogP contribution in [-0.4, -0.2) is 29.9 Å². The lowest BCUT2D eigenvalue weighted by Crippen LogP contribution is -2.37. The molecule has 0 unspecified atom stereocenters. The van der Waals surface area contributed by atoms with Crippen LogP contribution in [0.2, 0.25) is 0 Å². The molecule has 2 N–H and O–H groups in total. The maximum Gasteiger partial charge on any atom is 0.269 e. The van der Waals surface area contributed by atoms with Gasteiger partial charge in [0.1, 0.15) is 6.10 Å². The van der Waals surface area contributed by atoms with E-state index in [2.05, 4.69) is 15.9 Å². The molecule has 0 amide bonds. The average molecular weight is 393 g/mol. The first-order valence-corrected chi connectivity index (χ1v) is 7.01. The number of nitro groups is 1. The van der Waals surface area contributed by atoms with E-state index >= 15 is 0 Å². The van der Waals surface area contributed by atoms with Crippen molar-refractivity contribution < 1.29 is 15.1 Å². The van der Waals surface area contributed by atoms with E-state index in [0.29, 0.717) is 5.56 Å². The van der Waals surface area contributed by atoms with Gasteiger partial charge in [0.2, 0.25) is 3.79 Å². The zero-order chi connectivity index (χ0) is 14.8. The van der Waals surface area contributed by atoms with Gasteiger partial charge in [-0.2, -0.15) is 0 Å². The largest absolute Gasteiger partial charge is 0.387 e. The first-order valence-electron chi connectivity index (χ1n) is 4.96. The third kappa shape index (κ3) is 4.44. The maximum absolute atomic E-state index is 10.5. The number of hydrogen-bond donors (Lipinski definition) is 2. The molecule has 9 heteroatoms. The van der Waals surface area contributed by atoms with Crippen molar-refractivity contribution in [3.8, 4) is 0 Å². The summed E-state index contributed by atoms with van der Waals surface area (Å²) in [6, 6.07) is 5.20. The minimum Gasteiger partial charge on any atom is -0.387 e. The summed E-state index contributed by atoms with van der Waals surface area (Å²) in [5, 5.41) is 30.2. The van der Waals surface area contributed by atoms with Gasteiger partial charge in [-0.15, -0.1) is 0 Å². The Hall–Kier alpha value is -0.110. The lowest BCUT2D eigenvalue weighted by atomic mass is 10.0. The molecule has 1 rings (SSSR count). The van der Waals surface area contributed by atoms with Crippen molar-refractivity contribution in [2.45, 2.75) is 20.8 Å². The van der Waals surface area contributed by atoms with Gasteiger partial charge in [0, 0.05) is 12.1 Å². The van der Waals surface area contributed by atoms with Crippen LogP contribution in [0.3, 0.4) is 0 Å². The molecular formula is C10H9BrCl3NO4. The molecule has 106 valence electrons. The van der Waals surface area contributed by atoms with Gasteiger partial charge in [-0.1, -0.05) is 50.7 Å². The van der Waals surface area contributed by atoms with Crippen LogP contribution in [0.4, 0.5) is 5.69 Å². The summed E-state index contributed by atoms with van der Waals surface area (Å²) in [5.74, 6) is 0. The number of non-ortho nitro benzene ring substituents is 1. The lowest BCUT2D eigenvalue weighted by molar-refractivity contribution is -0.384. The highest BCUT2D eigenvalue weighted by Crippen LogP contribution is 2.38. The first-order chi connectivity index (χ1) is 8.64. The van der Waals surface area contributed by atoms with Crippen LogP contribution in [-0.2, 0) is 0 Å². The van der Waals surface area contributed by atoms with Gasteiger partial charge >= 0.3 is 0 Å². The molecule has 0 bridgehead atoms. The molecule has 0 aromatic heterocycles. The maximum atomic E-state index is 10.5. The number of aliphatic hydroxyl groups excluding tert-OH is 2. The molecule has 3 atom stereocenters. The first kappa shape index (κ1) is 16.9. The third-order valence-electron chi connectivity index (χ3n) is 2.38. The number of nitrogens with zero attached hydrogens (tertiary/aromatic N) is 1. The van der Waals surface area contributed by atoms with Crippen LogP contribution in [0, 0.1) is 10.1 Å². The van der Waals surface area contributed by atoms with E-state index in [4.69, 9.17) is 34.8 Å². The summed E-state index contributed by atoms with van der Waals surface area (Å²) in [4.78, 5) is 9.00. The fourth-order valence-electron chi connectivity index (χ4n) is 1.33. The van der Waals surface area contributed by atoms with Crippen LogP contribution in [0.1, 0.15) is 11.7 Å². The standard InChI is InChI=1S/C10H9BrCl3NO4/c11-7(9(17)10(12,13)14)8(16)5-1-3-6(4-2-5)15(18)19/h1-4,7-9,16-17H/t7-,8-,9+/m1/s1. The molecule has 0 radical (unpaired) electrons.